The quantitative estimate of drug-likeness (QED) is 0.843. The number of likely N-dealkylation sites (tertiary alicyclic amines) is 1. The van der Waals surface area contributed by atoms with Gasteiger partial charge in [-0.05, 0) is 49.9 Å². The lowest BCUT2D eigenvalue weighted by molar-refractivity contribution is 0.0608. The summed E-state index contributed by atoms with van der Waals surface area (Å²) < 4.78 is 0. The van der Waals surface area contributed by atoms with Crippen LogP contribution in [-0.4, -0.2) is 41.3 Å². The average Bonchev–Trinajstić information content (AvgIpc) is 2.72. The third-order valence-corrected chi connectivity index (χ3v) is 5.03. The fourth-order valence-corrected chi connectivity index (χ4v) is 3.48. The first-order valence-electron chi connectivity index (χ1n) is 9.22. The summed E-state index contributed by atoms with van der Waals surface area (Å²) in [6, 6.07) is 13.0. The highest BCUT2D eigenvalue weighted by Gasteiger charge is 2.27. The highest BCUT2D eigenvalue weighted by Crippen LogP contribution is 2.22. The van der Waals surface area contributed by atoms with E-state index in [9.17, 15) is 9.59 Å². The monoisotopic (exact) mass is 351 g/mol. The van der Waals surface area contributed by atoms with Crippen LogP contribution in [0.3, 0.4) is 0 Å². The van der Waals surface area contributed by atoms with Crippen molar-refractivity contribution < 1.29 is 9.59 Å². The number of pyridine rings is 1. The molecular formula is C21H25N3O2. The van der Waals surface area contributed by atoms with Crippen LogP contribution in [0.2, 0.25) is 0 Å². The Morgan fingerprint density at radius 2 is 1.96 bits per heavy atom. The summed E-state index contributed by atoms with van der Waals surface area (Å²) in [5.74, 6) is -0.230. The van der Waals surface area contributed by atoms with Gasteiger partial charge in [-0.2, -0.15) is 0 Å². The van der Waals surface area contributed by atoms with Gasteiger partial charge in [-0.15, -0.1) is 0 Å². The first-order valence-corrected chi connectivity index (χ1v) is 9.22. The molecule has 1 aromatic carbocycles. The zero-order valence-corrected chi connectivity index (χ0v) is 15.4. The minimum absolute atomic E-state index is 0.00429. The second kappa shape index (κ2) is 8.13. The van der Waals surface area contributed by atoms with Crippen LogP contribution in [0.1, 0.15) is 53.5 Å². The fraction of sp³-hybridized carbons (Fsp3) is 0.381. The summed E-state index contributed by atoms with van der Waals surface area (Å²) in [6.45, 7) is 2.90. The Hall–Kier alpha value is -2.69. The van der Waals surface area contributed by atoms with E-state index in [0.29, 0.717) is 5.56 Å². The van der Waals surface area contributed by atoms with Crippen molar-refractivity contribution in [3.63, 3.8) is 0 Å². The van der Waals surface area contributed by atoms with E-state index in [-0.39, 0.29) is 23.6 Å². The summed E-state index contributed by atoms with van der Waals surface area (Å²) in [5.41, 5.74) is 1.61. The highest BCUT2D eigenvalue weighted by molar-refractivity contribution is 6.06. The van der Waals surface area contributed by atoms with Crippen molar-refractivity contribution in [1.29, 1.82) is 0 Å². The molecule has 1 aliphatic rings. The molecule has 0 radical (unpaired) electrons. The third kappa shape index (κ3) is 3.77. The van der Waals surface area contributed by atoms with Gasteiger partial charge in [0.05, 0.1) is 0 Å². The van der Waals surface area contributed by atoms with Crippen LogP contribution in [-0.2, 0) is 0 Å². The Morgan fingerprint density at radius 1 is 1.19 bits per heavy atom. The Balaban J connectivity index is 1.81. The minimum Gasteiger partial charge on any atom is -0.336 e. The summed E-state index contributed by atoms with van der Waals surface area (Å²) in [4.78, 5) is 33.4. The smallest absolute Gasteiger partial charge is 0.276 e. The second-order valence-corrected chi connectivity index (χ2v) is 6.69. The van der Waals surface area contributed by atoms with E-state index in [2.05, 4.69) is 11.9 Å². The van der Waals surface area contributed by atoms with Crippen molar-refractivity contribution >= 4 is 17.5 Å². The molecule has 1 aromatic heterocycles. The summed E-state index contributed by atoms with van der Waals surface area (Å²) in [5, 5.41) is 0. The maximum absolute atomic E-state index is 13.0. The molecule has 0 saturated carbocycles. The van der Waals surface area contributed by atoms with E-state index >= 15 is 0 Å². The van der Waals surface area contributed by atoms with Gasteiger partial charge in [-0.1, -0.05) is 25.1 Å². The number of benzene rings is 1. The SMILES string of the molecule is CCC1CCCCN1C(=O)c1ccnc(C(=O)N(C)c2ccccc2)c1. The molecule has 1 saturated heterocycles. The van der Waals surface area contributed by atoms with Gasteiger partial charge in [-0.3, -0.25) is 14.6 Å². The molecule has 136 valence electrons. The van der Waals surface area contributed by atoms with Crippen molar-refractivity contribution in [2.75, 3.05) is 18.5 Å². The number of hydrogen-bond donors (Lipinski definition) is 0. The van der Waals surface area contributed by atoms with Gasteiger partial charge in [0, 0.05) is 37.1 Å². The number of para-hydroxylation sites is 1. The van der Waals surface area contributed by atoms with E-state index < -0.39 is 0 Å². The van der Waals surface area contributed by atoms with E-state index in [1.807, 2.05) is 35.2 Å². The Bertz CT molecular complexity index is 776. The predicted molar refractivity (Wildman–Crippen MR) is 102 cm³/mol. The maximum Gasteiger partial charge on any atom is 0.276 e. The van der Waals surface area contributed by atoms with Crippen LogP contribution in [0, 0.1) is 0 Å². The van der Waals surface area contributed by atoms with Crippen LogP contribution in [0.4, 0.5) is 5.69 Å². The molecule has 2 aromatic rings. The number of rotatable bonds is 4. The molecule has 0 aliphatic carbocycles. The first kappa shape index (κ1) is 18.1. The zero-order valence-electron chi connectivity index (χ0n) is 15.4. The van der Waals surface area contributed by atoms with Gasteiger partial charge in [0.25, 0.3) is 11.8 Å². The van der Waals surface area contributed by atoms with Crippen molar-refractivity contribution in [3.8, 4) is 0 Å². The van der Waals surface area contributed by atoms with Gasteiger partial charge in [-0.25, -0.2) is 0 Å². The van der Waals surface area contributed by atoms with E-state index in [4.69, 9.17) is 0 Å². The normalized spacial score (nSPS) is 17.0. The van der Waals surface area contributed by atoms with Crippen molar-refractivity contribution in [3.05, 3.63) is 59.9 Å². The molecule has 5 nitrogen and oxygen atoms in total. The lowest BCUT2D eigenvalue weighted by atomic mass is 9.99. The number of amides is 2. The lowest BCUT2D eigenvalue weighted by Gasteiger charge is -2.35. The Morgan fingerprint density at radius 3 is 2.69 bits per heavy atom. The van der Waals surface area contributed by atoms with Crippen LogP contribution in [0.25, 0.3) is 0 Å². The number of carbonyl (C=O) groups excluding carboxylic acids is 2. The number of piperidine rings is 1. The number of nitrogens with zero attached hydrogens (tertiary/aromatic N) is 3. The van der Waals surface area contributed by atoms with Gasteiger partial charge in [0.1, 0.15) is 5.69 Å². The predicted octanol–water partition coefficient (Wildman–Crippen LogP) is 3.76. The number of aromatic nitrogens is 1. The summed E-state index contributed by atoms with van der Waals surface area (Å²) >= 11 is 0. The average molecular weight is 351 g/mol. The molecule has 3 rings (SSSR count). The maximum atomic E-state index is 13.0. The Labute approximate surface area is 154 Å². The second-order valence-electron chi connectivity index (χ2n) is 6.69. The van der Waals surface area contributed by atoms with E-state index in [1.165, 1.54) is 6.42 Å². The van der Waals surface area contributed by atoms with Crippen LogP contribution < -0.4 is 4.90 Å². The first-order chi connectivity index (χ1) is 12.6. The molecule has 2 heterocycles. The minimum atomic E-state index is -0.225. The van der Waals surface area contributed by atoms with Crippen molar-refractivity contribution in [2.45, 2.75) is 38.6 Å². The van der Waals surface area contributed by atoms with Crippen molar-refractivity contribution in [1.82, 2.24) is 9.88 Å². The van der Waals surface area contributed by atoms with Gasteiger partial charge >= 0.3 is 0 Å². The van der Waals surface area contributed by atoms with Gasteiger partial charge in [0.15, 0.2) is 0 Å². The zero-order chi connectivity index (χ0) is 18.5. The molecule has 1 unspecified atom stereocenters. The highest BCUT2D eigenvalue weighted by atomic mass is 16.2. The number of hydrogen-bond acceptors (Lipinski definition) is 3. The molecule has 26 heavy (non-hydrogen) atoms. The molecule has 2 amide bonds. The summed E-state index contributed by atoms with van der Waals surface area (Å²) in [7, 11) is 1.71. The standard InChI is InChI=1S/C21H25N3O2/c1-3-17-9-7-8-14-24(17)20(25)16-12-13-22-19(15-16)21(26)23(2)18-10-5-4-6-11-18/h4-6,10-13,15,17H,3,7-9,14H2,1-2H3. The van der Waals surface area contributed by atoms with Crippen molar-refractivity contribution in [2.24, 2.45) is 0 Å². The molecule has 0 N–H and O–H groups in total. The molecule has 5 heteroatoms. The molecule has 1 atom stereocenters. The molecule has 0 bridgehead atoms. The molecular weight excluding hydrogens is 326 g/mol. The number of anilines is 1. The van der Waals surface area contributed by atoms with Crippen LogP contribution >= 0.6 is 0 Å². The van der Waals surface area contributed by atoms with E-state index in [1.54, 1.807) is 30.3 Å². The molecule has 0 spiro atoms. The molecule has 1 aliphatic heterocycles. The fourth-order valence-electron chi connectivity index (χ4n) is 3.48. The molecule has 1 fully saturated rings. The summed E-state index contributed by atoms with van der Waals surface area (Å²) in [6.07, 6.45) is 5.76. The largest absolute Gasteiger partial charge is 0.336 e. The van der Waals surface area contributed by atoms with Gasteiger partial charge < -0.3 is 9.80 Å². The lowest BCUT2D eigenvalue weighted by Crippen LogP contribution is -2.43. The van der Waals surface area contributed by atoms with Crippen LogP contribution in [0.15, 0.2) is 48.7 Å². The topological polar surface area (TPSA) is 53.5 Å². The number of carbonyl (C=O) groups is 2. The van der Waals surface area contributed by atoms with Gasteiger partial charge in [0.2, 0.25) is 0 Å². The third-order valence-electron chi connectivity index (χ3n) is 5.03. The van der Waals surface area contributed by atoms with E-state index in [0.717, 1.165) is 31.5 Å². The Kier molecular flexibility index (Phi) is 5.66. The van der Waals surface area contributed by atoms with Crippen LogP contribution in [0.5, 0.6) is 0 Å².